The lowest BCUT2D eigenvalue weighted by atomic mass is 10.1. The SMILES string of the molecule is CCNC(=O)[C@H](CC)N(CCc1ccccc1)C(=O)Cc1ccc(OC)cc1. The van der Waals surface area contributed by atoms with Gasteiger partial charge < -0.3 is 15.0 Å². The summed E-state index contributed by atoms with van der Waals surface area (Å²) in [5.41, 5.74) is 2.05. The predicted octanol–water partition coefficient (Wildman–Crippen LogP) is 3.22. The summed E-state index contributed by atoms with van der Waals surface area (Å²) in [6.45, 7) is 4.89. The van der Waals surface area contributed by atoms with Crippen molar-refractivity contribution in [3.63, 3.8) is 0 Å². The lowest BCUT2D eigenvalue weighted by Crippen LogP contribution is -2.50. The molecule has 1 atom stereocenters. The Labute approximate surface area is 167 Å². The van der Waals surface area contributed by atoms with E-state index in [0.29, 0.717) is 25.9 Å². The van der Waals surface area contributed by atoms with Crippen molar-refractivity contribution >= 4 is 11.8 Å². The summed E-state index contributed by atoms with van der Waals surface area (Å²) in [7, 11) is 1.61. The number of ether oxygens (including phenoxy) is 1. The third-order valence-corrected chi connectivity index (χ3v) is 4.74. The summed E-state index contributed by atoms with van der Waals surface area (Å²) in [5, 5.41) is 2.86. The largest absolute Gasteiger partial charge is 0.497 e. The number of nitrogens with zero attached hydrogens (tertiary/aromatic N) is 1. The molecule has 2 rings (SSSR count). The second-order valence-electron chi connectivity index (χ2n) is 6.67. The van der Waals surface area contributed by atoms with E-state index in [1.54, 1.807) is 12.0 Å². The van der Waals surface area contributed by atoms with Crippen LogP contribution in [0.2, 0.25) is 0 Å². The minimum atomic E-state index is -0.464. The molecule has 150 valence electrons. The lowest BCUT2D eigenvalue weighted by Gasteiger charge is -2.30. The van der Waals surface area contributed by atoms with Gasteiger partial charge in [-0.3, -0.25) is 9.59 Å². The average Bonchev–Trinajstić information content (AvgIpc) is 2.72. The van der Waals surface area contributed by atoms with Crippen LogP contribution in [0.4, 0.5) is 0 Å². The third-order valence-electron chi connectivity index (χ3n) is 4.74. The minimum absolute atomic E-state index is 0.0424. The summed E-state index contributed by atoms with van der Waals surface area (Å²) < 4.78 is 5.17. The average molecular weight is 383 g/mol. The van der Waals surface area contributed by atoms with Crippen LogP contribution in [-0.2, 0) is 22.4 Å². The van der Waals surface area contributed by atoms with Gasteiger partial charge in [-0.15, -0.1) is 0 Å². The van der Waals surface area contributed by atoms with Crippen LogP contribution < -0.4 is 10.1 Å². The zero-order chi connectivity index (χ0) is 20.4. The Balaban J connectivity index is 2.16. The Morgan fingerprint density at radius 3 is 2.25 bits per heavy atom. The van der Waals surface area contributed by atoms with Crippen LogP contribution in [0.5, 0.6) is 5.75 Å². The Morgan fingerprint density at radius 2 is 1.68 bits per heavy atom. The topological polar surface area (TPSA) is 58.6 Å². The molecular weight excluding hydrogens is 352 g/mol. The Kier molecular flexibility index (Phi) is 8.53. The van der Waals surface area contributed by atoms with Crippen molar-refractivity contribution in [2.24, 2.45) is 0 Å². The van der Waals surface area contributed by atoms with Gasteiger partial charge in [-0.2, -0.15) is 0 Å². The van der Waals surface area contributed by atoms with Gasteiger partial charge in [0.25, 0.3) is 0 Å². The van der Waals surface area contributed by atoms with E-state index in [0.717, 1.165) is 16.9 Å². The molecule has 0 spiro atoms. The van der Waals surface area contributed by atoms with Gasteiger partial charge in [-0.05, 0) is 43.0 Å². The first-order valence-corrected chi connectivity index (χ1v) is 9.83. The van der Waals surface area contributed by atoms with Crippen LogP contribution in [0.1, 0.15) is 31.4 Å². The van der Waals surface area contributed by atoms with Gasteiger partial charge in [0.1, 0.15) is 11.8 Å². The number of hydrogen-bond acceptors (Lipinski definition) is 3. The molecule has 0 aliphatic heterocycles. The van der Waals surface area contributed by atoms with Gasteiger partial charge in [0.2, 0.25) is 11.8 Å². The fourth-order valence-electron chi connectivity index (χ4n) is 3.21. The van der Waals surface area contributed by atoms with E-state index in [-0.39, 0.29) is 18.2 Å². The van der Waals surface area contributed by atoms with E-state index in [2.05, 4.69) is 5.32 Å². The van der Waals surface area contributed by atoms with Crippen LogP contribution in [0.25, 0.3) is 0 Å². The standard InChI is InChI=1S/C23H30N2O3/c1-4-21(23(27)24-5-2)25(16-15-18-9-7-6-8-10-18)22(26)17-19-11-13-20(28-3)14-12-19/h6-14,21H,4-5,15-17H2,1-3H3,(H,24,27)/t21-/m0/s1. The molecule has 0 saturated heterocycles. The molecule has 0 aromatic heterocycles. The Morgan fingerprint density at radius 1 is 1.00 bits per heavy atom. The summed E-state index contributed by atoms with van der Waals surface area (Å²) in [6.07, 6.45) is 1.55. The second-order valence-corrected chi connectivity index (χ2v) is 6.67. The van der Waals surface area contributed by atoms with Gasteiger partial charge in [0.05, 0.1) is 13.5 Å². The third kappa shape index (κ3) is 6.12. The second kappa shape index (κ2) is 11.1. The normalized spacial score (nSPS) is 11.5. The molecule has 0 aliphatic carbocycles. The smallest absolute Gasteiger partial charge is 0.242 e. The number of rotatable bonds is 10. The maximum absolute atomic E-state index is 13.1. The maximum Gasteiger partial charge on any atom is 0.242 e. The highest BCUT2D eigenvalue weighted by Crippen LogP contribution is 2.15. The minimum Gasteiger partial charge on any atom is -0.497 e. The number of methoxy groups -OCH3 is 1. The molecule has 5 nitrogen and oxygen atoms in total. The van der Waals surface area contributed by atoms with Gasteiger partial charge in [0, 0.05) is 13.1 Å². The number of benzene rings is 2. The number of nitrogens with one attached hydrogen (secondary N) is 1. The Hall–Kier alpha value is -2.82. The molecule has 2 aromatic rings. The van der Waals surface area contributed by atoms with Crippen molar-refractivity contribution < 1.29 is 14.3 Å². The molecule has 0 radical (unpaired) electrons. The van der Waals surface area contributed by atoms with Crippen molar-refractivity contribution in [1.29, 1.82) is 0 Å². The van der Waals surface area contributed by atoms with Gasteiger partial charge in [-0.25, -0.2) is 0 Å². The van der Waals surface area contributed by atoms with E-state index >= 15 is 0 Å². The highest BCUT2D eigenvalue weighted by Gasteiger charge is 2.27. The maximum atomic E-state index is 13.1. The van der Waals surface area contributed by atoms with Crippen LogP contribution in [0, 0.1) is 0 Å². The van der Waals surface area contributed by atoms with Gasteiger partial charge in [0.15, 0.2) is 0 Å². The molecule has 2 amide bonds. The van der Waals surface area contributed by atoms with Crippen molar-refractivity contribution in [2.75, 3.05) is 20.2 Å². The molecule has 0 unspecified atom stereocenters. The zero-order valence-electron chi connectivity index (χ0n) is 17.0. The van der Waals surface area contributed by atoms with E-state index < -0.39 is 6.04 Å². The quantitative estimate of drug-likeness (QED) is 0.686. The fourth-order valence-corrected chi connectivity index (χ4v) is 3.21. The van der Waals surface area contributed by atoms with Crippen LogP contribution >= 0.6 is 0 Å². The monoisotopic (exact) mass is 382 g/mol. The number of likely N-dealkylation sites (N-methyl/N-ethyl adjacent to an activating group) is 1. The molecule has 0 fully saturated rings. The number of amides is 2. The number of carbonyl (C=O) groups is 2. The predicted molar refractivity (Wildman–Crippen MR) is 111 cm³/mol. The highest BCUT2D eigenvalue weighted by molar-refractivity contribution is 5.88. The molecule has 0 saturated carbocycles. The first-order valence-electron chi connectivity index (χ1n) is 9.83. The lowest BCUT2D eigenvalue weighted by molar-refractivity contribution is -0.140. The summed E-state index contributed by atoms with van der Waals surface area (Å²) in [6, 6.07) is 17.0. The molecule has 2 aromatic carbocycles. The van der Waals surface area contributed by atoms with Crippen LogP contribution in [-0.4, -0.2) is 43.0 Å². The zero-order valence-corrected chi connectivity index (χ0v) is 17.0. The molecule has 0 bridgehead atoms. The number of carbonyl (C=O) groups excluding carboxylic acids is 2. The molecular formula is C23H30N2O3. The van der Waals surface area contributed by atoms with Crippen molar-refractivity contribution in [2.45, 2.75) is 39.2 Å². The molecule has 0 aliphatic rings. The first kappa shape index (κ1) is 21.5. The van der Waals surface area contributed by atoms with Crippen molar-refractivity contribution in [1.82, 2.24) is 10.2 Å². The summed E-state index contributed by atoms with van der Waals surface area (Å²) in [5.74, 6) is 0.617. The molecule has 5 heteroatoms. The summed E-state index contributed by atoms with van der Waals surface area (Å²) >= 11 is 0. The number of hydrogen-bond donors (Lipinski definition) is 1. The van der Waals surface area contributed by atoms with E-state index in [9.17, 15) is 9.59 Å². The van der Waals surface area contributed by atoms with E-state index in [4.69, 9.17) is 4.74 Å². The van der Waals surface area contributed by atoms with Crippen LogP contribution in [0.3, 0.4) is 0 Å². The molecule has 0 heterocycles. The van der Waals surface area contributed by atoms with Crippen molar-refractivity contribution in [3.8, 4) is 5.75 Å². The van der Waals surface area contributed by atoms with E-state index in [1.165, 1.54) is 0 Å². The summed E-state index contributed by atoms with van der Waals surface area (Å²) in [4.78, 5) is 27.4. The van der Waals surface area contributed by atoms with Gasteiger partial charge in [-0.1, -0.05) is 49.4 Å². The highest BCUT2D eigenvalue weighted by atomic mass is 16.5. The first-order chi connectivity index (χ1) is 13.6. The van der Waals surface area contributed by atoms with Crippen molar-refractivity contribution in [3.05, 3.63) is 65.7 Å². The van der Waals surface area contributed by atoms with E-state index in [1.807, 2.05) is 68.4 Å². The van der Waals surface area contributed by atoms with Gasteiger partial charge >= 0.3 is 0 Å². The Bertz CT molecular complexity index is 744. The van der Waals surface area contributed by atoms with Crippen LogP contribution in [0.15, 0.2) is 54.6 Å². The molecule has 1 N–H and O–H groups in total. The fraction of sp³-hybridized carbons (Fsp3) is 0.391. The molecule has 28 heavy (non-hydrogen) atoms.